The van der Waals surface area contributed by atoms with E-state index in [4.69, 9.17) is 4.74 Å². The van der Waals surface area contributed by atoms with Gasteiger partial charge in [0.15, 0.2) is 0 Å². The Hall–Kier alpha value is -2.62. The van der Waals surface area contributed by atoms with Crippen LogP contribution in [0.3, 0.4) is 0 Å². The van der Waals surface area contributed by atoms with Gasteiger partial charge in [0.1, 0.15) is 0 Å². The standard InChI is InChI=1S/C16H15N3O/c1-3-13(12-5-4-8-17-10-12)11-6-7-14-15(9-11)18-19-16(14)20-2/h3-10H,1-2H3,(H,18,19)/b13-3-. The number of methoxy groups -OCH3 is 1. The highest BCUT2D eigenvalue weighted by molar-refractivity contribution is 5.89. The molecule has 100 valence electrons. The summed E-state index contributed by atoms with van der Waals surface area (Å²) in [6, 6.07) is 10.2. The Balaban J connectivity index is 2.09. The summed E-state index contributed by atoms with van der Waals surface area (Å²) in [5.74, 6) is 0.620. The highest BCUT2D eigenvalue weighted by Crippen LogP contribution is 2.28. The van der Waals surface area contributed by atoms with Crippen molar-refractivity contribution in [1.29, 1.82) is 0 Å². The third kappa shape index (κ3) is 2.05. The molecule has 0 aliphatic heterocycles. The van der Waals surface area contributed by atoms with E-state index < -0.39 is 0 Å². The fraction of sp³-hybridized carbons (Fsp3) is 0.125. The van der Waals surface area contributed by atoms with Gasteiger partial charge in [-0.15, -0.1) is 5.10 Å². The summed E-state index contributed by atoms with van der Waals surface area (Å²) >= 11 is 0. The summed E-state index contributed by atoms with van der Waals surface area (Å²) in [6.07, 6.45) is 5.73. The first kappa shape index (κ1) is 12.4. The van der Waals surface area contributed by atoms with Gasteiger partial charge in [-0.3, -0.25) is 10.1 Å². The number of rotatable bonds is 3. The maximum absolute atomic E-state index is 5.21. The Morgan fingerprint density at radius 2 is 2.15 bits per heavy atom. The molecule has 0 radical (unpaired) electrons. The van der Waals surface area contributed by atoms with Crippen LogP contribution in [0.25, 0.3) is 16.5 Å². The van der Waals surface area contributed by atoms with Crippen molar-refractivity contribution in [2.75, 3.05) is 7.11 Å². The molecule has 2 aromatic heterocycles. The van der Waals surface area contributed by atoms with Crippen LogP contribution in [0.2, 0.25) is 0 Å². The molecule has 0 bridgehead atoms. The van der Waals surface area contributed by atoms with Gasteiger partial charge in [0.05, 0.1) is 18.0 Å². The number of hydrogen-bond donors (Lipinski definition) is 1. The van der Waals surface area contributed by atoms with Crippen LogP contribution in [0.4, 0.5) is 0 Å². The molecule has 0 fully saturated rings. The first-order valence-electron chi connectivity index (χ1n) is 6.42. The lowest BCUT2D eigenvalue weighted by Crippen LogP contribution is -1.89. The first-order chi connectivity index (χ1) is 9.83. The number of ether oxygens (including phenoxy) is 1. The summed E-state index contributed by atoms with van der Waals surface area (Å²) < 4.78 is 5.21. The molecule has 0 saturated heterocycles. The van der Waals surface area contributed by atoms with Crippen molar-refractivity contribution in [1.82, 2.24) is 15.2 Å². The first-order valence-corrected chi connectivity index (χ1v) is 6.42. The second-order valence-corrected chi connectivity index (χ2v) is 4.44. The number of benzene rings is 1. The lowest BCUT2D eigenvalue weighted by molar-refractivity contribution is 0.401. The van der Waals surface area contributed by atoms with E-state index in [1.54, 1.807) is 13.3 Å². The number of hydrogen-bond acceptors (Lipinski definition) is 3. The average molecular weight is 265 g/mol. The monoisotopic (exact) mass is 265 g/mol. The number of allylic oxidation sites excluding steroid dienone is 1. The smallest absolute Gasteiger partial charge is 0.240 e. The Morgan fingerprint density at radius 1 is 1.25 bits per heavy atom. The van der Waals surface area contributed by atoms with Crippen molar-refractivity contribution in [3.8, 4) is 5.88 Å². The van der Waals surface area contributed by atoms with Crippen LogP contribution in [-0.2, 0) is 0 Å². The maximum Gasteiger partial charge on any atom is 0.240 e. The van der Waals surface area contributed by atoms with E-state index in [9.17, 15) is 0 Å². The maximum atomic E-state index is 5.21. The van der Waals surface area contributed by atoms with Crippen molar-refractivity contribution < 1.29 is 4.74 Å². The minimum absolute atomic E-state index is 0.620. The van der Waals surface area contributed by atoms with E-state index in [-0.39, 0.29) is 0 Å². The van der Waals surface area contributed by atoms with Gasteiger partial charge in [-0.1, -0.05) is 18.2 Å². The number of aromatic amines is 1. The molecule has 1 N–H and O–H groups in total. The van der Waals surface area contributed by atoms with E-state index in [0.29, 0.717) is 5.88 Å². The van der Waals surface area contributed by atoms with Crippen molar-refractivity contribution >= 4 is 16.5 Å². The van der Waals surface area contributed by atoms with E-state index in [1.165, 1.54) is 0 Å². The van der Waals surface area contributed by atoms with E-state index in [2.05, 4.69) is 39.5 Å². The summed E-state index contributed by atoms with van der Waals surface area (Å²) in [5.41, 5.74) is 4.33. The third-order valence-electron chi connectivity index (χ3n) is 3.29. The predicted molar refractivity (Wildman–Crippen MR) is 79.6 cm³/mol. The summed E-state index contributed by atoms with van der Waals surface area (Å²) in [4.78, 5) is 4.18. The number of fused-ring (bicyclic) bond motifs is 1. The van der Waals surface area contributed by atoms with Crippen molar-refractivity contribution in [3.05, 3.63) is 59.9 Å². The zero-order valence-corrected chi connectivity index (χ0v) is 11.4. The zero-order valence-electron chi connectivity index (χ0n) is 11.4. The lowest BCUT2D eigenvalue weighted by Gasteiger charge is -2.07. The molecule has 0 saturated carbocycles. The molecule has 0 spiro atoms. The molecule has 0 amide bonds. The molecule has 1 aromatic carbocycles. The molecule has 0 unspecified atom stereocenters. The van der Waals surface area contributed by atoms with Gasteiger partial charge in [0.2, 0.25) is 5.88 Å². The second kappa shape index (κ2) is 5.17. The zero-order chi connectivity index (χ0) is 13.9. The van der Waals surface area contributed by atoms with E-state index in [1.807, 2.05) is 25.3 Å². The Bertz CT molecular complexity index is 760. The number of nitrogens with zero attached hydrogens (tertiary/aromatic N) is 2. The fourth-order valence-electron chi connectivity index (χ4n) is 2.34. The van der Waals surface area contributed by atoms with Gasteiger partial charge in [-0.2, -0.15) is 0 Å². The molecule has 0 aliphatic carbocycles. The molecule has 2 heterocycles. The molecule has 20 heavy (non-hydrogen) atoms. The molecule has 0 atom stereocenters. The van der Waals surface area contributed by atoms with Gasteiger partial charge in [-0.25, -0.2) is 0 Å². The Labute approximate surface area is 117 Å². The molecule has 4 heteroatoms. The van der Waals surface area contributed by atoms with Gasteiger partial charge in [0.25, 0.3) is 0 Å². The molecule has 0 aliphatic rings. The largest absolute Gasteiger partial charge is 0.480 e. The Morgan fingerprint density at radius 3 is 2.85 bits per heavy atom. The molecule has 4 nitrogen and oxygen atoms in total. The van der Waals surface area contributed by atoms with Crippen LogP contribution in [0, 0.1) is 0 Å². The predicted octanol–water partition coefficient (Wildman–Crippen LogP) is 3.42. The highest BCUT2D eigenvalue weighted by atomic mass is 16.5. The highest BCUT2D eigenvalue weighted by Gasteiger charge is 2.09. The SMILES string of the molecule is C/C=C(\c1cccnc1)c1ccc2c(OC)n[nH]c2c1. The lowest BCUT2D eigenvalue weighted by atomic mass is 9.98. The minimum Gasteiger partial charge on any atom is -0.480 e. The van der Waals surface area contributed by atoms with Gasteiger partial charge in [0, 0.05) is 18.0 Å². The minimum atomic E-state index is 0.620. The quantitative estimate of drug-likeness (QED) is 0.789. The summed E-state index contributed by atoms with van der Waals surface area (Å²) in [7, 11) is 1.62. The molecule has 3 aromatic rings. The van der Waals surface area contributed by atoms with Gasteiger partial charge >= 0.3 is 0 Å². The van der Waals surface area contributed by atoms with Crippen LogP contribution in [0.15, 0.2) is 48.8 Å². The van der Waals surface area contributed by atoms with Crippen LogP contribution in [0.1, 0.15) is 18.1 Å². The van der Waals surface area contributed by atoms with Crippen LogP contribution < -0.4 is 4.74 Å². The second-order valence-electron chi connectivity index (χ2n) is 4.44. The summed E-state index contributed by atoms with van der Waals surface area (Å²) in [5, 5.41) is 8.11. The molecular formula is C16H15N3O. The van der Waals surface area contributed by atoms with E-state index >= 15 is 0 Å². The van der Waals surface area contributed by atoms with Crippen LogP contribution in [-0.4, -0.2) is 22.3 Å². The van der Waals surface area contributed by atoms with Crippen LogP contribution in [0.5, 0.6) is 5.88 Å². The number of aromatic nitrogens is 3. The van der Waals surface area contributed by atoms with Gasteiger partial charge < -0.3 is 4.74 Å². The number of H-pyrrole nitrogens is 1. The normalized spacial score (nSPS) is 11.8. The third-order valence-corrected chi connectivity index (χ3v) is 3.29. The number of pyridine rings is 1. The molecular weight excluding hydrogens is 250 g/mol. The fourth-order valence-corrected chi connectivity index (χ4v) is 2.34. The number of nitrogens with one attached hydrogen (secondary N) is 1. The van der Waals surface area contributed by atoms with Crippen LogP contribution >= 0.6 is 0 Å². The Kier molecular flexibility index (Phi) is 3.21. The van der Waals surface area contributed by atoms with Crippen molar-refractivity contribution in [2.24, 2.45) is 0 Å². The molecule has 3 rings (SSSR count). The summed E-state index contributed by atoms with van der Waals surface area (Å²) in [6.45, 7) is 2.03. The van der Waals surface area contributed by atoms with E-state index in [0.717, 1.165) is 27.6 Å². The van der Waals surface area contributed by atoms with Gasteiger partial charge in [-0.05, 0) is 36.3 Å². The van der Waals surface area contributed by atoms with Crippen molar-refractivity contribution in [2.45, 2.75) is 6.92 Å². The van der Waals surface area contributed by atoms with Crippen molar-refractivity contribution in [3.63, 3.8) is 0 Å². The topological polar surface area (TPSA) is 50.8 Å². The average Bonchev–Trinajstić information content (AvgIpc) is 2.91.